The number of nitrogens with zero attached hydrogens (tertiary/aromatic N) is 1. The van der Waals surface area contributed by atoms with Crippen LogP contribution in [0.3, 0.4) is 0 Å². The molecule has 3 amide bonds. The van der Waals surface area contributed by atoms with Crippen LogP contribution in [0.5, 0.6) is 11.5 Å². The molecule has 4 rings (SSSR count). The molecule has 2 fully saturated rings. The summed E-state index contributed by atoms with van der Waals surface area (Å²) >= 11 is 0. The van der Waals surface area contributed by atoms with E-state index in [9.17, 15) is 14.4 Å². The molecular weight excluding hydrogens is 336 g/mol. The summed E-state index contributed by atoms with van der Waals surface area (Å²) in [5.41, 5.74) is 0.604. The standard InChI is InChI=1S/C19H22N2O5/c22-17(20-12-5-6-15-16(11-12)26-10-9-25-15)7-8-21-18(23)13-3-1-2-4-14(13)19(21)24/h5-6,11,13-14H,1-4,7-10H2,(H,20,22)/t13-,14+. The number of rotatable bonds is 4. The number of ether oxygens (including phenoxy) is 2. The third-order valence-corrected chi connectivity index (χ3v) is 5.32. The number of amides is 3. The van der Waals surface area contributed by atoms with Gasteiger partial charge in [0, 0.05) is 24.7 Å². The van der Waals surface area contributed by atoms with Gasteiger partial charge in [0.05, 0.1) is 11.8 Å². The van der Waals surface area contributed by atoms with Crippen molar-refractivity contribution >= 4 is 23.4 Å². The van der Waals surface area contributed by atoms with Crippen molar-refractivity contribution in [1.29, 1.82) is 0 Å². The molecule has 0 unspecified atom stereocenters. The molecule has 2 atom stereocenters. The second-order valence-electron chi connectivity index (χ2n) is 6.98. The quantitative estimate of drug-likeness (QED) is 0.832. The van der Waals surface area contributed by atoms with E-state index in [1.807, 2.05) is 0 Å². The van der Waals surface area contributed by atoms with Gasteiger partial charge in [-0.25, -0.2) is 0 Å². The molecule has 0 bridgehead atoms. The number of hydrogen-bond acceptors (Lipinski definition) is 5. The first-order valence-electron chi connectivity index (χ1n) is 9.18. The lowest BCUT2D eigenvalue weighted by atomic mass is 9.81. The van der Waals surface area contributed by atoms with Gasteiger partial charge in [-0.15, -0.1) is 0 Å². The molecule has 1 aromatic carbocycles. The number of benzene rings is 1. The maximum absolute atomic E-state index is 12.4. The smallest absolute Gasteiger partial charge is 0.233 e. The van der Waals surface area contributed by atoms with Crippen LogP contribution in [0.1, 0.15) is 32.1 Å². The van der Waals surface area contributed by atoms with E-state index in [0.29, 0.717) is 30.4 Å². The minimum absolute atomic E-state index is 0.0887. The van der Waals surface area contributed by atoms with E-state index in [1.54, 1.807) is 18.2 Å². The Bertz CT molecular complexity index is 723. The van der Waals surface area contributed by atoms with Crippen molar-refractivity contribution in [2.24, 2.45) is 11.8 Å². The van der Waals surface area contributed by atoms with Crippen LogP contribution in [-0.4, -0.2) is 42.4 Å². The van der Waals surface area contributed by atoms with Gasteiger partial charge in [0.2, 0.25) is 17.7 Å². The van der Waals surface area contributed by atoms with Gasteiger partial charge in [-0.05, 0) is 25.0 Å². The summed E-state index contributed by atoms with van der Waals surface area (Å²) in [6, 6.07) is 5.21. The maximum atomic E-state index is 12.4. The minimum atomic E-state index is -0.239. The summed E-state index contributed by atoms with van der Waals surface area (Å²) in [6.45, 7) is 1.13. The number of carbonyl (C=O) groups excluding carboxylic acids is 3. The predicted octanol–water partition coefficient (Wildman–Crippen LogP) is 1.96. The molecule has 26 heavy (non-hydrogen) atoms. The number of imide groups is 1. The first kappa shape index (κ1) is 16.9. The van der Waals surface area contributed by atoms with E-state index in [1.165, 1.54) is 4.90 Å². The van der Waals surface area contributed by atoms with Crippen LogP contribution >= 0.6 is 0 Å². The Morgan fingerprint density at radius 1 is 1.04 bits per heavy atom. The summed E-state index contributed by atoms with van der Waals surface area (Å²) in [6.07, 6.45) is 3.66. The van der Waals surface area contributed by atoms with Crippen molar-refractivity contribution in [3.8, 4) is 11.5 Å². The normalized spacial score (nSPS) is 24.4. The zero-order valence-electron chi connectivity index (χ0n) is 14.5. The highest BCUT2D eigenvalue weighted by Gasteiger charge is 2.47. The maximum Gasteiger partial charge on any atom is 0.233 e. The van der Waals surface area contributed by atoms with E-state index in [0.717, 1.165) is 25.7 Å². The van der Waals surface area contributed by atoms with Crippen LogP contribution in [0.15, 0.2) is 18.2 Å². The zero-order valence-corrected chi connectivity index (χ0v) is 14.5. The van der Waals surface area contributed by atoms with Gasteiger partial charge in [-0.3, -0.25) is 19.3 Å². The number of carbonyl (C=O) groups is 3. The Hall–Kier alpha value is -2.57. The number of hydrogen-bond donors (Lipinski definition) is 1. The molecule has 3 aliphatic rings. The minimum Gasteiger partial charge on any atom is -0.486 e. The molecule has 1 N–H and O–H groups in total. The topological polar surface area (TPSA) is 84.9 Å². The van der Waals surface area contributed by atoms with Gasteiger partial charge in [-0.2, -0.15) is 0 Å². The van der Waals surface area contributed by atoms with E-state index in [4.69, 9.17) is 9.47 Å². The average Bonchev–Trinajstić information content (AvgIpc) is 2.91. The number of anilines is 1. The van der Waals surface area contributed by atoms with E-state index >= 15 is 0 Å². The summed E-state index contributed by atoms with van der Waals surface area (Å²) in [4.78, 5) is 38.4. The van der Waals surface area contributed by atoms with Gasteiger partial charge < -0.3 is 14.8 Å². The molecule has 2 aliphatic heterocycles. The lowest BCUT2D eigenvalue weighted by molar-refractivity contribution is -0.140. The van der Waals surface area contributed by atoms with Crippen molar-refractivity contribution < 1.29 is 23.9 Å². The molecular formula is C19H22N2O5. The molecule has 7 nitrogen and oxygen atoms in total. The predicted molar refractivity (Wildman–Crippen MR) is 92.8 cm³/mol. The Morgan fingerprint density at radius 2 is 1.69 bits per heavy atom. The van der Waals surface area contributed by atoms with Crippen LogP contribution in [0.2, 0.25) is 0 Å². The average molecular weight is 358 g/mol. The van der Waals surface area contributed by atoms with Crippen LogP contribution in [0, 0.1) is 11.8 Å². The fraction of sp³-hybridized carbons (Fsp3) is 0.526. The summed E-state index contributed by atoms with van der Waals surface area (Å²) in [5.74, 6) is 0.471. The Morgan fingerprint density at radius 3 is 2.38 bits per heavy atom. The summed E-state index contributed by atoms with van der Waals surface area (Å²) in [7, 11) is 0. The highest BCUT2D eigenvalue weighted by Crippen LogP contribution is 2.38. The van der Waals surface area contributed by atoms with E-state index in [2.05, 4.69) is 5.32 Å². The first-order chi connectivity index (χ1) is 12.6. The third kappa shape index (κ3) is 3.13. The Kier molecular flexibility index (Phi) is 4.53. The van der Waals surface area contributed by atoms with E-state index in [-0.39, 0.29) is 42.5 Å². The van der Waals surface area contributed by atoms with Crippen LogP contribution in [-0.2, 0) is 14.4 Å². The number of nitrogens with one attached hydrogen (secondary N) is 1. The summed E-state index contributed by atoms with van der Waals surface area (Å²) in [5, 5.41) is 2.78. The largest absolute Gasteiger partial charge is 0.486 e. The SMILES string of the molecule is O=C(CCN1C(=O)[C@H]2CCCC[C@H]2C1=O)Nc1ccc2c(c1)OCCO2. The van der Waals surface area contributed by atoms with Crippen molar-refractivity contribution in [3.05, 3.63) is 18.2 Å². The first-order valence-corrected chi connectivity index (χ1v) is 9.18. The number of likely N-dealkylation sites (tertiary alicyclic amines) is 1. The van der Waals surface area contributed by atoms with Gasteiger partial charge >= 0.3 is 0 Å². The molecule has 0 spiro atoms. The molecule has 1 saturated carbocycles. The highest BCUT2D eigenvalue weighted by molar-refractivity contribution is 6.05. The van der Waals surface area contributed by atoms with Crippen molar-refractivity contribution in [1.82, 2.24) is 4.90 Å². The van der Waals surface area contributed by atoms with Gasteiger partial charge in [-0.1, -0.05) is 12.8 Å². The van der Waals surface area contributed by atoms with Crippen LogP contribution < -0.4 is 14.8 Å². The number of fused-ring (bicyclic) bond motifs is 2. The molecule has 1 aliphatic carbocycles. The lowest BCUT2D eigenvalue weighted by Crippen LogP contribution is -2.34. The molecule has 1 saturated heterocycles. The molecule has 7 heteroatoms. The highest BCUT2D eigenvalue weighted by atomic mass is 16.6. The molecule has 1 aromatic rings. The van der Waals surface area contributed by atoms with Gasteiger partial charge in [0.15, 0.2) is 11.5 Å². The molecule has 0 aromatic heterocycles. The van der Waals surface area contributed by atoms with Crippen LogP contribution in [0.4, 0.5) is 5.69 Å². The van der Waals surface area contributed by atoms with Crippen LogP contribution in [0.25, 0.3) is 0 Å². The fourth-order valence-electron chi connectivity index (χ4n) is 4.01. The Labute approximate surface area is 151 Å². The van der Waals surface area contributed by atoms with Crippen molar-refractivity contribution in [2.45, 2.75) is 32.1 Å². The lowest BCUT2D eigenvalue weighted by Gasteiger charge is -2.19. The monoisotopic (exact) mass is 358 g/mol. The zero-order chi connectivity index (χ0) is 18.1. The fourth-order valence-corrected chi connectivity index (χ4v) is 4.01. The molecule has 0 radical (unpaired) electrons. The Balaban J connectivity index is 1.34. The van der Waals surface area contributed by atoms with E-state index < -0.39 is 0 Å². The van der Waals surface area contributed by atoms with Gasteiger partial charge in [0.25, 0.3) is 0 Å². The third-order valence-electron chi connectivity index (χ3n) is 5.32. The van der Waals surface area contributed by atoms with Crippen molar-refractivity contribution in [2.75, 3.05) is 25.1 Å². The summed E-state index contributed by atoms with van der Waals surface area (Å²) < 4.78 is 10.9. The van der Waals surface area contributed by atoms with Gasteiger partial charge in [0.1, 0.15) is 13.2 Å². The molecule has 2 heterocycles. The van der Waals surface area contributed by atoms with Crippen molar-refractivity contribution in [3.63, 3.8) is 0 Å². The second-order valence-corrected chi connectivity index (χ2v) is 6.98. The molecule has 138 valence electrons. The second kappa shape index (κ2) is 6.97.